The van der Waals surface area contributed by atoms with Crippen molar-refractivity contribution < 1.29 is 94.0 Å². The molecule has 1 fully saturated rings. The van der Waals surface area contributed by atoms with Gasteiger partial charge >= 0.3 is 11.9 Å². The van der Waals surface area contributed by atoms with Crippen molar-refractivity contribution in [2.75, 3.05) is 12.5 Å². The number of aliphatic carboxylic acids is 1. The van der Waals surface area contributed by atoms with Gasteiger partial charge in [0.1, 0.15) is 0 Å². The quantitative estimate of drug-likeness (QED) is 0.0383. The maximum Gasteiger partial charge on any atom is 0.333 e. The number of hydrogen-bond acceptors (Lipinski definition) is 23. The van der Waals surface area contributed by atoms with Gasteiger partial charge in [0.05, 0.1) is 87.9 Å². The van der Waals surface area contributed by atoms with E-state index in [1.807, 2.05) is 210 Å². The first-order valence-electron chi connectivity index (χ1n) is 42.7. The van der Waals surface area contributed by atoms with Crippen LogP contribution in [0.4, 0.5) is 0 Å². The Labute approximate surface area is 810 Å². The number of fused-ring (bicyclic) bond motifs is 6. The number of hydroxylamine groups is 2. The van der Waals surface area contributed by atoms with Crippen molar-refractivity contribution in [2.45, 2.75) is 79.1 Å². The number of rotatable bonds is 17. The zero-order valence-corrected chi connectivity index (χ0v) is 79.8. The van der Waals surface area contributed by atoms with E-state index in [0.29, 0.717) is 36.8 Å². The van der Waals surface area contributed by atoms with Gasteiger partial charge in [-0.2, -0.15) is 0 Å². The van der Waals surface area contributed by atoms with E-state index in [2.05, 4.69) is 205 Å². The maximum atomic E-state index is 11.8. The number of pyridine rings is 12. The van der Waals surface area contributed by atoms with Crippen LogP contribution in [0.15, 0.2) is 378 Å². The predicted molar refractivity (Wildman–Crippen MR) is 520 cm³/mol. The summed E-state index contributed by atoms with van der Waals surface area (Å²) in [5.41, 5.74) is 22.3. The Morgan fingerprint density at radius 2 is 0.533 bits per heavy atom. The second-order valence-corrected chi connectivity index (χ2v) is 31.4. The van der Waals surface area contributed by atoms with Gasteiger partial charge in [-0.05, 0) is 203 Å². The summed E-state index contributed by atoms with van der Waals surface area (Å²) >= 11 is 0. The first kappa shape index (κ1) is 106. The van der Waals surface area contributed by atoms with Crippen LogP contribution in [0.5, 0.6) is 0 Å². The summed E-state index contributed by atoms with van der Waals surface area (Å²) in [6.45, 7) is 8.00. The van der Waals surface area contributed by atoms with E-state index >= 15 is 0 Å². The van der Waals surface area contributed by atoms with Crippen LogP contribution < -0.4 is 0 Å². The number of hydrogen-bond donors (Lipinski definition) is 1. The molecule has 12 aromatic heterocycles. The summed E-state index contributed by atoms with van der Waals surface area (Å²) in [4.78, 5) is 102. The molecule has 2 amide bonds. The first-order valence-corrected chi connectivity index (χ1v) is 46.3. The zero-order valence-electron chi connectivity index (χ0n) is 74.7. The minimum atomic E-state index is -3.92. The smallest absolute Gasteiger partial charge is 0.333 e. The Kier molecular flexibility index (Phi) is 43.5. The minimum absolute atomic E-state index is 0. The third-order valence-electron chi connectivity index (χ3n) is 19.2. The fraction of sp³-hybridized carbons (Fsp3) is 0.132. The number of carbonyl (C=O) groups is 4. The molecule has 1 saturated heterocycles. The van der Waals surface area contributed by atoms with Crippen molar-refractivity contribution in [3.63, 3.8) is 0 Å². The van der Waals surface area contributed by atoms with E-state index in [4.69, 9.17) is 35.9 Å². The van der Waals surface area contributed by atoms with Gasteiger partial charge in [0, 0.05) is 173 Å². The molecule has 0 bridgehead atoms. The molecular formula is C106H97N13O12Ru2S2-2. The van der Waals surface area contributed by atoms with Crippen molar-refractivity contribution in [2.24, 2.45) is 0 Å². The average Bonchev–Trinajstić information content (AvgIpc) is 1.53. The molecule has 1 aliphatic rings. The van der Waals surface area contributed by atoms with Gasteiger partial charge < -0.3 is 19.0 Å². The summed E-state index contributed by atoms with van der Waals surface area (Å²) < 4.78 is 54.5. The number of nitrogens with zero attached hydrogens (tertiary/aromatic N) is 13. The molecule has 13 heterocycles. The molecule has 688 valence electrons. The normalized spacial score (nSPS) is 10.9. The molecular weight excluding hydrogens is 1910 g/mol. The Balaban J connectivity index is 0.000000197. The molecule has 0 aliphatic carbocycles. The molecule has 135 heavy (non-hydrogen) atoms. The van der Waals surface area contributed by atoms with Gasteiger partial charge in [-0.25, -0.2) is 21.6 Å². The van der Waals surface area contributed by atoms with E-state index in [1.54, 1.807) is 49.6 Å². The van der Waals surface area contributed by atoms with Crippen molar-refractivity contribution >= 4 is 87.6 Å². The molecule has 0 unspecified atom stereocenters. The number of carboxylic acid groups (broad SMARTS) is 1. The maximum absolute atomic E-state index is 11.8. The van der Waals surface area contributed by atoms with Crippen molar-refractivity contribution in [1.29, 1.82) is 0 Å². The van der Waals surface area contributed by atoms with Gasteiger partial charge in [-0.15, -0.1) is 5.06 Å². The van der Waals surface area contributed by atoms with E-state index in [9.17, 15) is 19.2 Å². The Hall–Kier alpha value is -14.7. The van der Waals surface area contributed by atoms with E-state index < -0.39 is 44.0 Å². The van der Waals surface area contributed by atoms with Gasteiger partial charge in [0.2, 0.25) is 0 Å². The van der Waals surface area contributed by atoms with Crippen LogP contribution in [0, 0.1) is 0 Å². The van der Waals surface area contributed by atoms with Crippen LogP contribution in [-0.2, 0) is 96.0 Å². The van der Waals surface area contributed by atoms with Crippen LogP contribution >= 0.6 is 0 Å². The van der Waals surface area contributed by atoms with Crippen LogP contribution in [0.25, 0.3) is 134 Å². The summed E-state index contributed by atoms with van der Waals surface area (Å²) in [6, 6.07) is 101. The molecule has 18 aromatic rings. The van der Waals surface area contributed by atoms with Crippen LogP contribution in [0.3, 0.4) is 0 Å². The molecule has 1 aliphatic heterocycles. The molecule has 0 atom stereocenters. The van der Waals surface area contributed by atoms with Gasteiger partial charge in [0.25, 0.3) is 11.8 Å². The summed E-state index contributed by atoms with van der Waals surface area (Å²) in [6.07, 6.45) is 25.8. The van der Waals surface area contributed by atoms with Crippen molar-refractivity contribution in [1.82, 2.24) is 64.9 Å². The summed E-state index contributed by atoms with van der Waals surface area (Å²) in [7, 11) is -7.83. The van der Waals surface area contributed by atoms with Crippen LogP contribution in [-0.4, -0.2) is 132 Å². The molecule has 25 nitrogen and oxygen atoms in total. The SMILES string of the molecule is CC.CC.CS(=O)(=O)[O-].CS(=O)(=O)[O-].O=C(CCCc1ccnc(-c2ccccn2)c1)ON1C(=O)CCC1=O.O=C(O)CCCc1ccnc(-c2ccccn2)c1.[Ru].[Ru].c1ccc(-c2ccccn2)nc1.c1ccc(-c2ccccn2)nc1.c1ccc(-c2ccnc3c2ccc2c(-c4ccccc4)ccnc23)cc1.c1ccc(-c2ccnc3c2ccc2c(-c4ccccc4)ccnc23)cc1. The van der Waals surface area contributed by atoms with E-state index in [0.717, 1.165) is 107 Å². The van der Waals surface area contributed by atoms with Gasteiger partial charge in [-0.1, -0.05) is 210 Å². The third kappa shape index (κ3) is 33.8. The molecule has 0 spiro atoms. The number of imide groups is 1. The monoisotopic (exact) mass is 2010 g/mol. The minimum Gasteiger partial charge on any atom is -0.748 e. The standard InChI is InChI=1S/2C24H16N2.C18H17N3O4.C14H14N2O2.2C10H8N2.2C2H6.2CH4O3S.2Ru/c2*1-3-7-17(8-4-1)19-13-15-25-23-21(19)11-12-22-20(14-16-26-24(22)23)18-9-5-2-6-10-18;22-16-7-8-17(23)21(16)25-18(24)6-3-4-13-9-11-20-15(12-13)14-5-1-2-10-19-14;17-14(18)6-3-4-11-7-9-16-13(10-11)12-5-1-2-8-15-12;2*1-3-7-11-9(5-1)10-6-2-4-8-12-10;2*1-2;2*1-5(2,3)4;;/h2*1-16H;1-2,5,9-12H,3-4,6-8H2;1-2,5,7-10H,3-4,6H2,(H,17,18);2*1-8H;2*1-2H3;2*1H3,(H,2,3,4);;/p-2. The first-order chi connectivity index (χ1) is 64.6. The zero-order chi connectivity index (χ0) is 94.6. The van der Waals surface area contributed by atoms with E-state index in [1.165, 1.54) is 44.5 Å². The molecule has 0 radical (unpaired) electrons. The average molecular weight is 2010 g/mol. The summed E-state index contributed by atoms with van der Waals surface area (Å²) in [5, 5.41) is 13.7. The van der Waals surface area contributed by atoms with Crippen molar-refractivity contribution in [3.05, 3.63) is 389 Å². The van der Waals surface area contributed by atoms with Crippen molar-refractivity contribution in [3.8, 4) is 90.1 Å². The molecule has 0 saturated carbocycles. The largest absolute Gasteiger partial charge is 0.748 e. The van der Waals surface area contributed by atoms with Crippen LogP contribution in [0.1, 0.15) is 77.3 Å². The number of aryl methyl sites for hydroxylation is 2. The fourth-order valence-electron chi connectivity index (χ4n) is 13.4. The number of amides is 2. The number of carbonyl (C=O) groups excluding carboxylic acids is 3. The topological polar surface area (TPSA) is 370 Å². The summed E-state index contributed by atoms with van der Waals surface area (Å²) in [5.74, 6) is -2.27. The second kappa shape index (κ2) is 55.6. The van der Waals surface area contributed by atoms with Gasteiger partial charge in [0.15, 0.2) is 0 Å². The molecule has 6 aromatic carbocycles. The fourth-order valence-corrected chi connectivity index (χ4v) is 13.4. The van der Waals surface area contributed by atoms with Crippen LogP contribution in [0.2, 0.25) is 0 Å². The number of benzene rings is 6. The Bertz CT molecular complexity index is 6370. The predicted octanol–water partition coefficient (Wildman–Crippen LogP) is 21.5. The van der Waals surface area contributed by atoms with E-state index in [-0.39, 0.29) is 64.6 Å². The van der Waals surface area contributed by atoms with Gasteiger partial charge in [-0.3, -0.25) is 74.2 Å². The second-order valence-electron chi connectivity index (χ2n) is 28.6. The molecule has 19 rings (SSSR count). The molecule has 29 heteroatoms. The Morgan fingerprint density at radius 3 is 0.770 bits per heavy atom. The third-order valence-corrected chi connectivity index (χ3v) is 19.2. The number of aromatic nitrogens is 12. The number of carboxylic acids is 1. The molecule has 1 N–H and O–H groups in total. The Morgan fingerprint density at radius 1 is 0.311 bits per heavy atom.